The molecule has 0 bridgehead atoms. The van der Waals surface area contributed by atoms with Gasteiger partial charge >= 0.3 is 6.18 Å². The SMILES string of the molecule is CCCCn1cnc2c(C(=O)Nc3cccc(Cl)c3C)cc(NC(=O)c3ccccc3C(F)(F)F)cc21. The van der Waals surface area contributed by atoms with Gasteiger partial charge in [0, 0.05) is 22.9 Å². The first kappa shape index (κ1) is 26.2. The highest BCUT2D eigenvalue weighted by Gasteiger charge is 2.35. The van der Waals surface area contributed by atoms with Crippen LogP contribution in [-0.2, 0) is 12.7 Å². The number of fused-ring (bicyclic) bond motifs is 1. The van der Waals surface area contributed by atoms with Crippen molar-refractivity contribution in [3.63, 3.8) is 0 Å². The van der Waals surface area contributed by atoms with Crippen molar-refractivity contribution in [2.24, 2.45) is 0 Å². The number of halogens is 4. The Labute approximate surface area is 216 Å². The lowest BCUT2D eigenvalue weighted by atomic mass is 10.1. The first-order chi connectivity index (χ1) is 17.6. The highest BCUT2D eigenvalue weighted by molar-refractivity contribution is 6.31. The van der Waals surface area contributed by atoms with E-state index in [0.29, 0.717) is 33.9 Å². The van der Waals surface area contributed by atoms with Crippen LogP contribution in [0.2, 0.25) is 5.02 Å². The molecule has 2 N–H and O–H groups in total. The van der Waals surface area contributed by atoms with Crippen LogP contribution in [0.15, 0.2) is 60.9 Å². The standard InChI is InChI=1S/C27H24ClF3N4O2/c1-3-4-12-35-15-32-24-19(26(37)34-22-11-7-10-21(28)16(22)2)13-17(14-23(24)35)33-25(36)18-8-5-6-9-20(18)27(29,30)31/h5-11,13-15H,3-4,12H2,1-2H3,(H,33,36)(H,34,37). The third-order valence-electron chi connectivity index (χ3n) is 5.97. The Morgan fingerprint density at radius 2 is 1.73 bits per heavy atom. The number of hydrogen-bond acceptors (Lipinski definition) is 3. The lowest BCUT2D eigenvalue weighted by Gasteiger charge is -2.14. The molecule has 4 rings (SSSR count). The molecule has 0 radical (unpaired) electrons. The number of carbonyl (C=O) groups is 2. The van der Waals surface area contributed by atoms with Crippen LogP contribution in [0.4, 0.5) is 24.5 Å². The van der Waals surface area contributed by atoms with Crippen molar-refractivity contribution < 1.29 is 22.8 Å². The maximum absolute atomic E-state index is 13.5. The predicted octanol–water partition coefficient (Wildman–Crippen LogP) is 7.32. The van der Waals surface area contributed by atoms with Crippen molar-refractivity contribution in [3.05, 3.63) is 88.2 Å². The number of unbranched alkanes of at least 4 members (excludes halogenated alkanes) is 1. The average molecular weight is 529 g/mol. The molecule has 6 nitrogen and oxygen atoms in total. The Morgan fingerprint density at radius 3 is 2.46 bits per heavy atom. The van der Waals surface area contributed by atoms with Gasteiger partial charge in [0.2, 0.25) is 0 Å². The van der Waals surface area contributed by atoms with E-state index in [1.54, 1.807) is 37.5 Å². The molecule has 0 aliphatic rings. The quantitative estimate of drug-likeness (QED) is 0.264. The second-order valence-corrected chi connectivity index (χ2v) is 8.95. The summed E-state index contributed by atoms with van der Waals surface area (Å²) in [6, 6.07) is 12.7. The molecule has 3 aromatic carbocycles. The Morgan fingerprint density at radius 1 is 1.00 bits per heavy atom. The van der Waals surface area contributed by atoms with Crippen LogP contribution in [0, 0.1) is 6.92 Å². The molecule has 192 valence electrons. The number of imidazole rings is 1. The van der Waals surface area contributed by atoms with Crippen molar-refractivity contribution in [1.29, 1.82) is 0 Å². The van der Waals surface area contributed by atoms with Crippen LogP contribution in [0.5, 0.6) is 0 Å². The lowest BCUT2D eigenvalue weighted by Crippen LogP contribution is -2.19. The van der Waals surface area contributed by atoms with Gasteiger partial charge in [0.05, 0.1) is 28.5 Å². The van der Waals surface area contributed by atoms with Gasteiger partial charge in [0.25, 0.3) is 11.8 Å². The van der Waals surface area contributed by atoms with Crippen molar-refractivity contribution in [3.8, 4) is 0 Å². The zero-order chi connectivity index (χ0) is 26.7. The van der Waals surface area contributed by atoms with Crippen LogP contribution in [0.3, 0.4) is 0 Å². The van der Waals surface area contributed by atoms with E-state index in [1.807, 2.05) is 11.5 Å². The van der Waals surface area contributed by atoms with Gasteiger partial charge in [-0.25, -0.2) is 4.98 Å². The maximum atomic E-state index is 13.5. The molecule has 0 unspecified atom stereocenters. The van der Waals surface area contributed by atoms with E-state index in [1.165, 1.54) is 18.2 Å². The number of alkyl halides is 3. The highest BCUT2D eigenvalue weighted by Crippen LogP contribution is 2.33. The smallest absolute Gasteiger partial charge is 0.331 e. The number of anilines is 2. The Bertz CT molecular complexity index is 1480. The van der Waals surface area contributed by atoms with Crippen molar-refractivity contribution >= 4 is 45.8 Å². The summed E-state index contributed by atoms with van der Waals surface area (Å²) in [6.45, 7) is 4.42. The fraction of sp³-hybridized carbons (Fsp3) is 0.222. The number of hydrogen-bond donors (Lipinski definition) is 2. The molecule has 0 aliphatic heterocycles. The molecule has 0 saturated carbocycles. The number of aryl methyl sites for hydroxylation is 1. The number of rotatable bonds is 7. The van der Waals surface area contributed by atoms with Gasteiger partial charge in [-0.05, 0) is 55.3 Å². The first-order valence-electron chi connectivity index (χ1n) is 11.6. The predicted molar refractivity (Wildman–Crippen MR) is 138 cm³/mol. The summed E-state index contributed by atoms with van der Waals surface area (Å²) in [6.07, 6.45) is -1.32. The number of nitrogens with one attached hydrogen (secondary N) is 2. The van der Waals surface area contributed by atoms with Crippen LogP contribution >= 0.6 is 11.6 Å². The number of nitrogens with zero attached hydrogens (tertiary/aromatic N) is 2. The molecule has 0 saturated heterocycles. The summed E-state index contributed by atoms with van der Waals surface area (Å²) >= 11 is 6.18. The van der Waals surface area contributed by atoms with Crippen molar-refractivity contribution in [2.75, 3.05) is 10.6 Å². The fourth-order valence-corrected chi connectivity index (χ4v) is 4.15. The Kier molecular flexibility index (Phi) is 7.54. The van der Waals surface area contributed by atoms with E-state index >= 15 is 0 Å². The second kappa shape index (κ2) is 10.6. The molecule has 1 heterocycles. The number of aromatic nitrogens is 2. The second-order valence-electron chi connectivity index (χ2n) is 8.55. The summed E-state index contributed by atoms with van der Waals surface area (Å²) < 4.78 is 42.3. The van der Waals surface area contributed by atoms with E-state index in [-0.39, 0.29) is 11.3 Å². The van der Waals surface area contributed by atoms with E-state index < -0.39 is 29.1 Å². The lowest BCUT2D eigenvalue weighted by molar-refractivity contribution is -0.137. The molecule has 0 atom stereocenters. The zero-order valence-electron chi connectivity index (χ0n) is 20.1. The summed E-state index contributed by atoms with van der Waals surface area (Å²) in [7, 11) is 0. The number of amides is 2. The summed E-state index contributed by atoms with van der Waals surface area (Å²) in [4.78, 5) is 30.7. The highest BCUT2D eigenvalue weighted by atomic mass is 35.5. The largest absolute Gasteiger partial charge is 0.417 e. The van der Waals surface area contributed by atoms with Crippen LogP contribution in [-0.4, -0.2) is 21.4 Å². The van der Waals surface area contributed by atoms with Crippen molar-refractivity contribution in [1.82, 2.24) is 9.55 Å². The Hall–Kier alpha value is -3.85. The molecule has 2 amide bonds. The van der Waals surface area contributed by atoms with E-state index in [2.05, 4.69) is 15.6 Å². The maximum Gasteiger partial charge on any atom is 0.417 e. The topological polar surface area (TPSA) is 76.0 Å². The summed E-state index contributed by atoms with van der Waals surface area (Å²) in [5.74, 6) is -1.44. The normalized spacial score (nSPS) is 11.5. The third-order valence-corrected chi connectivity index (χ3v) is 6.38. The number of benzene rings is 3. The van der Waals surface area contributed by atoms with Gasteiger partial charge < -0.3 is 15.2 Å². The molecule has 0 spiro atoms. The van der Waals surface area contributed by atoms with E-state index in [0.717, 1.165) is 25.0 Å². The molecule has 37 heavy (non-hydrogen) atoms. The van der Waals surface area contributed by atoms with Gasteiger partial charge in [-0.1, -0.05) is 43.1 Å². The molecule has 10 heteroatoms. The van der Waals surface area contributed by atoms with Crippen molar-refractivity contribution in [2.45, 2.75) is 39.4 Å². The van der Waals surface area contributed by atoms with Crippen LogP contribution < -0.4 is 10.6 Å². The van der Waals surface area contributed by atoms with Gasteiger partial charge in [0.1, 0.15) is 5.52 Å². The minimum atomic E-state index is -4.70. The van der Waals surface area contributed by atoms with Gasteiger partial charge in [-0.2, -0.15) is 13.2 Å². The third kappa shape index (κ3) is 5.61. The van der Waals surface area contributed by atoms with Gasteiger partial charge in [-0.15, -0.1) is 0 Å². The zero-order valence-corrected chi connectivity index (χ0v) is 20.9. The monoisotopic (exact) mass is 528 g/mol. The van der Waals surface area contributed by atoms with E-state index in [4.69, 9.17) is 11.6 Å². The minimum Gasteiger partial charge on any atom is -0.331 e. The number of carbonyl (C=O) groups excluding carboxylic acids is 2. The summed E-state index contributed by atoms with van der Waals surface area (Å²) in [5.41, 5.74) is 0.920. The van der Waals surface area contributed by atoms with Crippen LogP contribution in [0.1, 0.15) is 51.6 Å². The molecular weight excluding hydrogens is 505 g/mol. The summed E-state index contributed by atoms with van der Waals surface area (Å²) in [5, 5.41) is 5.84. The van der Waals surface area contributed by atoms with Crippen LogP contribution in [0.25, 0.3) is 11.0 Å². The molecular formula is C27H24ClF3N4O2. The Balaban J connectivity index is 1.75. The van der Waals surface area contributed by atoms with Gasteiger partial charge in [-0.3, -0.25) is 9.59 Å². The molecule has 0 aliphatic carbocycles. The fourth-order valence-electron chi connectivity index (χ4n) is 3.97. The minimum absolute atomic E-state index is 0.159. The molecule has 4 aromatic rings. The average Bonchev–Trinajstić information content (AvgIpc) is 3.27. The first-order valence-corrected chi connectivity index (χ1v) is 12.0. The molecule has 1 aromatic heterocycles. The van der Waals surface area contributed by atoms with E-state index in [9.17, 15) is 22.8 Å². The molecule has 0 fully saturated rings. The van der Waals surface area contributed by atoms with Gasteiger partial charge in [0.15, 0.2) is 0 Å².